The van der Waals surface area contributed by atoms with E-state index >= 15 is 0 Å². The van der Waals surface area contributed by atoms with Gasteiger partial charge >= 0.3 is 0 Å². The Hall–Kier alpha value is -3.09. The van der Waals surface area contributed by atoms with Gasteiger partial charge in [-0.05, 0) is 31.5 Å². The summed E-state index contributed by atoms with van der Waals surface area (Å²) < 4.78 is 5.59. The van der Waals surface area contributed by atoms with Gasteiger partial charge in [-0.25, -0.2) is 0 Å². The van der Waals surface area contributed by atoms with Crippen LogP contribution in [0.2, 0.25) is 0 Å². The predicted octanol–water partition coefficient (Wildman–Crippen LogP) is 2.59. The zero-order chi connectivity index (χ0) is 17.3. The third-order valence-electron chi connectivity index (χ3n) is 3.80. The standard InChI is InChI=1S/C17H17N3O4/c1-3-10(13-5-4-9(2)24-13)19-14-15(17(23)16(14)22)20-11-6-7-18-8-12(11)21/h4-8,10,19,21H,3H2,1-2H3,(H,18,20)/t10-/m1/s1. The minimum atomic E-state index is -0.626. The van der Waals surface area contributed by atoms with Crippen molar-refractivity contribution >= 4 is 17.1 Å². The molecular weight excluding hydrogens is 310 g/mol. The van der Waals surface area contributed by atoms with E-state index in [0.717, 1.165) is 5.76 Å². The number of rotatable bonds is 6. The van der Waals surface area contributed by atoms with Crippen LogP contribution in [0.25, 0.3) is 0 Å². The number of hydrogen-bond donors (Lipinski definition) is 3. The lowest BCUT2D eigenvalue weighted by atomic mass is 10.1. The normalized spacial score (nSPS) is 12.2. The molecule has 7 nitrogen and oxygen atoms in total. The van der Waals surface area contributed by atoms with Crippen molar-refractivity contribution in [3.63, 3.8) is 0 Å². The zero-order valence-electron chi connectivity index (χ0n) is 13.3. The van der Waals surface area contributed by atoms with Crippen LogP contribution in [0.5, 0.6) is 5.75 Å². The Morgan fingerprint density at radius 3 is 2.58 bits per heavy atom. The highest BCUT2D eigenvalue weighted by molar-refractivity contribution is 5.80. The van der Waals surface area contributed by atoms with Gasteiger partial charge in [-0.1, -0.05) is 6.92 Å². The molecular formula is C17H17N3O4. The molecule has 24 heavy (non-hydrogen) atoms. The Labute approximate surface area is 137 Å². The molecule has 0 bridgehead atoms. The van der Waals surface area contributed by atoms with Crippen molar-refractivity contribution in [1.29, 1.82) is 0 Å². The molecule has 1 aromatic carbocycles. The predicted molar refractivity (Wildman–Crippen MR) is 90.6 cm³/mol. The summed E-state index contributed by atoms with van der Waals surface area (Å²) in [5.74, 6) is 1.36. The van der Waals surface area contributed by atoms with Gasteiger partial charge in [-0.2, -0.15) is 0 Å². The second-order valence-electron chi connectivity index (χ2n) is 5.48. The summed E-state index contributed by atoms with van der Waals surface area (Å²) in [6, 6.07) is 4.97. The highest BCUT2D eigenvalue weighted by Gasteiger charge is 2.25. The first kappa shape index (κ1) is 15.8. The van der Waals surface area contributed by atoms with Crippen LogP contribution in [0.4, 0.5) is 17.1 Å². The number of furan rings is 1. The quantitative estimate of drug-likeness (QED) is 0.598. The maximum absolute atomic E-state index is 11.9. The molecule has 0 aliphatic carbocycles. The maximum Gasteiger partial charge on any atom is 0.253 e. The van der Waals surface area contributed by atoms with Crippen LogP contribution in [0, 0.1) is 6.92 Å². The molecule has 0 aliphatic rings. The molecule has 3 aromatic rings. The summed E-state index contributed by atoms with van der Waals surface area (Å²) in [5.41, 5.74) is -0.589. The van der Waals surface area contributed by atoms with E-state index in [2.05, 4.69) is 15.6 Å². The average molecular weight is 327 g/mol. The molecule has 3 rings (SSSR count). The van der Waals surface area contributed by atoms with E-state index in [4.69, 9.17) is 4.42 Å². The molecule has 0 aliphatic heterocycles. The topological polar surface area (TPSA) is 104 Å². The molecule has 3 N–H and O–H groups in total. The summed E-state index contributed by atoms with van der Waals surface area (Å²) in [6.07, 6.45) is 3.40. The maximum atomic E-state index is 11.9. The van der Waals surface area contributed by atoms with E-state index in [0.29, 0.717) is 17.9 Å². The Morgan fingerprint density at radius 1 is 1.21 bits per heavy atom. The van der Waals surface area contributed by atoms with Gasteiger partial charge in [-0.15, -0.1) is 0 Å². The van der Waals surface area contributed by atoms with Crippen LogP contribution in [0.1, 0.15) is 30.9 Å². The van der Waals surface area contributed by atoms with E-state index in [1.807, 2.05) is 26.0 Å². The average Bonchev–Trinajstić information content (AvgIpc) is 3.01. The molecule has 0 amide bonds. The van der Waals surface area contributed by atoms with Gasteiger partial charge in [0, 0.05) is 6.20 Å². The third kappa shape index (κ3) is 2.76. The molecule has 0 unspecified atom stereocenters. The molecule has 0 fully saturated rings. The summed E-state index contributed by atoms with van der Waals surface area (Å²) in [7, 11) is 0. The molecule has 0 saturated carbocycles. The largest absolute Gasteiger partial charge is 0.504 e. The number of anilines is 3. The van der Waals surface area contributed by atoms with Crippen molar-refractivity contribution < 1.29 is 9.52 Å². The first-order chi connectivity index (χ1) is 11.5. The first-order valence-corrected chi connectivity index (χ1v) is 7.57. The lowest BCUT2D eigenvalue weighted by Crippen LogP contribution is -2.37. The fraction of sp³-hybridized carbons (Fsp3) is 0.235. The Morgan fingerprint density at radius 2 is 1.96 bits per heavy atom. The number of nitrogens with one attached hydrogen (secondary N) is 2. The molecule has 0 radical (unpaired) electrons. The van der Waals surface area contributed by atoms with Gasteiger partial charge in [0.25, 0.3) is 10.9 Å². The smallest absolute Gasteiger partial charge is 0.253 e. The highest BCUT2D eigenvalue weighted by atomic mass is 16.3. The van der Waals surface area contributed by atoms with Crippen molar-refractivity contribution in [2.45, 2.75) is 26.3 Å². The van der Waals surface area contributed by atoms with Gasteiger partial charge < -0.3 is 20.2 Å². The lowest BCUT2D eigenvalue weighted by molar-refractivity contribution is 0.452. The molecule has 0 saturated heterocycles. The molecule has 0 spiro atoms. The number of nitrogens with zero attached hydrogens (tertiary/aromatic N) is 1. The zero-order valence-corrected chi connectivity index (χ0v) is 13.3. The van der Waals surface area contributed by atoms with Crippen molar-refractivity contribution in [1.82, 2.24) is 4.98 Å². The summed E-state index contributed by atoms with van der Waals surface area (Å²) >= 11 is 0. The molecule has 2 aromatic heterocycles. The van der Waals surface area contributed by atoms with Crippen LogP contribution in [0.3, 0.4) is 0 Å². The van der Waals surface area contributed by atoms with Crippen LogP contribution in [-0.2, 0) is 0 Å². The van der Waals surface area contributed by atoms with E-state index in [9.17, 15) is 14.7 Å². The fourth-order valence-corrected chi connectivity index (χ4v) is 2.46. The second-order valence-corrected chi connectivity index (χ2v) is 5.48. The third-order valence-corrected chi connectivity index (χ3v) is 3.80. The van der Waals surface area contributed by atoms with Gasteiger partial charge in [-0.3, -0.25) is 14.6 Å². The Kier molecular flexibility index (Phi) is 4.07. The van der Waals surface area contributed by atoms with Gasteiger partial charge in [0.05, 0.1) is 17.9 Å². The van der Waals surface area contributed by atoms with Crippen LogP contribution in [-0.4, -0.2) is 10.1 Å². The number of aromatic hydroxyl groups is 1. The van der Waals surface area contributed by atoms with Gasteiger partial charge in [0.2, 0.25) is 0 Å². The Balaban J connectivity index is 1.87. The Bertz CT molecular complexity index is 938. The van der Waals surface area contributed by atoms with E-state index < -0.39 is 10.9 Å². The van der Waals surface area contributed by atoms with Gasteiger partial charge in [0.1, 0.15) is 22.9 Å². The van der Waals surface area contributed by atoms with Crippen molar-refractivity contribution in [2.75, 3.05) is 10.6 Å². The van der Waals surface area contributed by atoms with Crippen LogP contribution < -0.4 is 21.5 Å². The SMILES string of the molecule is CC[C@@H](Nc1c(Nc2ccncc2O)c(=O)c1=O)c1ccc(C)o1. The molecule has 1 atom stereocenters. The van der Waals surface area contributed by atoms with E-state index in [1.165, 1.54) is 18.5 Å². The van der Waals surface area contributed by atoms with E-state index in [-0.39, 0.29) is 23.2 Å². The van der Waals surface area contributed by atoms with Gasteiger partial charge in [0.15, 0.2) is 5.75 Å². The lowest BCUT2D eigenvalue weighted by Gasteiger charge is -2.20. The first-order valence-electron chi connectivity index (χ1n) is 7.57. The number of aryl methyl sites for hydroxylation is 1. The molecule has 7 heteroatoms. The summed E-state index contributed by atoms with van der Waals surface area (Å²) in [4.78, 5) is 27.6. The van der Waals surface area contributed by atoms with Crippen LogP contribution >= 0.6 is 0 Å². The monoisotopic (exact) mass is 327 g/mol. The number of pyridine rings is 1. The highest BCUT2D eigenvalue weighted by Crippen LogP contribution is 2.30. The fourth-order valence-electron chi connectivity index (χ4n) is 2.46. The number of hydrogen-bond acceptors (Lipinski definition) is 7. The van der Waals surface area contributed by atoms with Crippen LogP contribution in [0.15, 0.2) is 44.6 Å². The molecule has 124 valence electrons. The number of aromatic nitrogens is 1. The van der Waals surface area contributed by atoms with E-state index in [1.54, 1.807) is 0 Å². The second kappa shape index (κ2) is 6.19. The summed E-state index contributed by atoms with van der Waals surface area (Å²) in [6.45, 7) is 3.79. The minimum Gasteiger partial charge on any atom is -0.504 e. The van der Waals surface area contributed by atoms with Crippen molar-refractivity contribution in [3.8, 4) is 5.75 Å². The van der Waals surface area contributed by atoms with Crippen molar-refractivity contribution in [2.24, 2.45) is 0 Å². The minimum absolute atomic E-state index is 0.106. The molecule has 2 heterocycles. The van der Waals surface area contributed by atoms with Crippen molar-refractivity contribution in [3.05, 3.63) is 62.6 Å². The summed E-state index contributed by atoms with van der Waals surface area (Å²) in [5, 5.41) is 15.6.